The summed E-state index contributed by atoms with van der Waals surface area (Å²) in [5.41, 5.74) is 1.12. The second-order valence-electron chi connectivity index (χ2n) is 4.60. The minimum Gasteiger partial charge on any atom is -0.395 e. The molecule has 0 radical (unpaired) electrons. The predicted molar refractivity (Wildman–Crippen MR) is 78.8 cm³/mol. The molecule has 0 aliphatic heterocycles. The summed E-state index contributed by atoms with van der Waals surface area (Å²) in [6.45, 7) is 6.14. The normalized spacial score (nSPS) is 10.5. The van der Waals surface area contributed by atoms with Crippen molar-refractivity contribution in [2.75, 3.05) is 43.1 Å². The summed E-state index contributed by atoms with van der Waals surface area (Å²) < 4.78 is 0. The third-order valence-electron chi connectivity index (χ3n) is 2.86. The number of aryl methyl sites for hydroxylation is 1. The Balaban J connectivity index is 2.80. The van der Waals surface area contributed by atoms with Crippen LogP contribution in [0.4, 0.5) is 11.6 Å². The number of anilines is 2. The van der Waals surface area contributed by atoms with Gasteiger partial charge < -0.3 is 20.4 Å². The topological polar surface area (TPSA) is 68.6 Å². The zero-order chi connectivity index (χ0) is 14.1. The number of nitrogens with zero attached hydrogens (tertiary/aromatic N) is 2. The molecule has 0 bridgehead atoms. The molecule has 0 aliphatic rings. The van der Waals surface area contributed by atoms with Gasteiger partial charge in [0.25, 0.3) is 0 Å². The molecule has 5 nitrogen and oxygen atoms in total. The number of pyridine rings is 1. The fourth-order valence-corrected chi connectivity index (χ4v) is 1.88. The molecule has 0 spiro atoms. The van der Waals surface area contributed by atoms with E-state index >= 15 is 0 Å². The van der Waals surface area contributed by atoms with Crippen LogP contribution in [0.25, 0.3) is 0 Å². The number of aliphatic hydroxyl groups excluding tert-OH is 2. The fourth-order valence-electron chi connectivity index (χ4n) is 1.88. The van der Waals surface area contributed by atoms with Crippen molar-refractivity contribution < 1.29 is 10.2 Å². The van der Waals surface area contributed by atoms with Crippen LogP contribution in [0.1, 0.15) is 25.3 Å². The lowest BCUT2D eigenvalue weighted by atomic mass is 10.2. The summed E-state index contributed by atoms with van der Waals surface area (Å²) in [5, 5.41) is 21.4. The van der Waals surface area contributed by atoms with E-state index in [0.29, 0.717) is 13.1 Å². The molecule has 108 valence electrons. The standard InChI is InChI=1S/C14H25N3O2/c1-3-4-5-15-13-10-12(2)11-14(16-13)17(6-8-18)7-9-19/h10-11,18-19H,3-9H2,1-2H3,(H,15,16). The highest BCUT2D eigenvalue weighted by molar-refractivity contribution is 5.50. The molecule has 19 heavy (non-hydrogen) atoms. The van der Waals surface area contributed by atoms with E-state index in [1.54, 1.807) is 0 Å². The average Bonchev–Trinajstić information content (AvgIpc) is 2.38. The predicted octanol–water partition coefficient (Wildman–Crippen LogP) is 1.39. The molecule has 5 heteroatoms. The van der Waals surface area contributed by atoms with E-state index in [1.165, 1.54) is 0 Å². The Labute approximate surface area is 115 Å². The maximum absolute atomic E-state index is 9.07. The van der Waals surface area contributed by atoms with Gasteiger partial charge in [-0.1, -0.05) is 13.3 Å². The van der Waals surface area contributed by atoms with Crippen LogP contribution < -0.4 is 10.2 Å². The summed E-state index contributed by atoms with van der Waals surface area (Å²) in [7, 11) is 0. The summed E-state index contributed by atoms with van der Waals surface area (Å²) in [6, 6.07) is 3.98. The third-order valence-corrected chi connectivity index (χ3v) is 2.86. The van der Waals surface area contributed by atoms with Crippen molar-refractivity contribution in [3.05, 3.63) is 17.7 Å². The summed E-state index contributed by atoms with van der Waals surface area (Å²) in [6.07, 6.45) is 2.26. The van der Waals surface area contributed by atoms with E-state index in [1.807, 2.05) is 24.0 Å². The highest BCUT2D eigenvalue weighted by Crippen LogP contribution is 2.17. The number of aromatic nitrogens is 1. The second kappa shape index (κ2) is 8.72. The van der Waals surface area contributed by atoms with Gasteiger partial charge in [-0.15, -0.1) is 0 Å². The Bertz CT molecular complexity index is 366. The number of rotatable bonds is 9. The average molecular weight is 267 g/mol. The first-order valence-corrected chi connectivity index (χ1v) is 6.90. The van der Waals surface area contributed by atoms with E-state index in [2.05, 4.69) is 17.2 Å². The van der Waals surface area contributed by atoms with Crippen LogP contribution in [-0.4, -0.2) is 48.0 Å². The quantitative estimate of drug-likeness (QED) is 0.590. The van der Waals surface area contributed by atoms with Crippen molar-refractivity contribution in [3.63, 3.8) is 0 Å². The Morgan fingerprint density at radius 1 is 1.21 bits per heavy atom. The molecular weight excluding hydrogens is 242 g/mol. The minimum absolute atomic E-state index is 0.0498. The number of aliphatic hydroxyl groups is 2. The molecule has 0 saturated heterocycles. The number of unbranched alkanes of at least 4 members (excludes halogenated alkanes) is 1. The van der Waals surface area contributed by atoms with Gasteiger partial charge in [-0.3, -0.25) is 0 Å². The molecule has 1 aromatic heterocycles. The van der Waals surface area contributed by atoms with Gasteiger partial charge in [0.15, 0.2) is 0 Å². The van der Waals surface area contributed by atoms with E-state index < -0.39 is 0 Å². The molecule has 1 rings (SSSR count). The first-order valence-electron chi connectivity index (χ1n) is 6.90. The number of hydrogen-bond acceptors (Lipinski definition) is 5. The van der Waals surface area contributed by atoms with Crippen LogP contribution in [-0.2, 0) is 0 Å². The van der Waals surface area contributed by atoms with E-state index in [0.717, 1.165) is 36.6 Å². The molecule has 1 aromatic rings. The monoisotopic (exact) mass is 267 g/mol. The summed E-state index contributed by atoms with van der Waals surface area (Å²) in [5.74, 6) is 1.64. The van der Waals surface area contributed by atoms with Gasteiger partial charge in [-0.25, -0.2) is 4.98 Å². The zero-order valence-corrected chi connectivity index (χ0v) is 11.9. The molecule has 0 unspecified atom stereocenters. The maximum Gasteiger partial charge on any atom is 0.131 e. The van der Waals surface area contributed by atoms with Crippen LogP contribution in [0.3, 0.4) is 0 Å². The SMILES string of the molecule is CCCCNc1cc(C)cc(N(CCO)CCO)n1. The van der Waals surface area contributed by atoms with Gasteiger partial charge in [0.2, 0.25) is 0 Å². The van der Waals surface area contributed by atoms with Crippen LogP contribution in [0.15, 0.2) is 12.1 Å². The summed E-state index contributed by atoms with van der Waals surface area (Å²) in [4.78, 5) is 6.42. The maximum atomic E-state index is 9.07. The van der Waals surface area contributed by atoms with Crippen molar-refractivity contribution in [2.45, 2.75) is 26.7 Å². The Kier molecular flexibility index (Phi) is 7.22. The molecule has 1 heterocycles. The molecule has 0 amide bonds. The van der Waals surface area contributed by atoms with Gasteiger partial charge in [-0.05, 0) is 31.0 Å². The summed E-state index contributed by atoms with van der Waals surface area (Å²) >= 11 is 0. The van der Waals surface area contributed by atoms with Gasteiger partial charge in [-0.2, -0.15) is 0 Å². The largest absolute Gasteiger partial charge is 0.395 e. The van der Waals surface area contributed by atoms with E-state index in [9.17, 15) is 0 Å². The Hall–Kier alpha value is -1.33. The van der Waals surface area contributed by atoms with Crippen molar-refractivity contribution in [1.82, 2.24) is 4.98 Å². The highest BCUT2D eigenvalue weighted by Gasteiger charge is 2.08. The van der Waals surface area contributed by atoms with Crippen molar-refractivity contribution >= 4 is 11.6 Å². The smallest absolute Gasteiger partial charge is 0.131 e. The lowest BCUT2D eigenvalue weighted by Gasteiger charge is -2.23. The minimum atomic E-state index is 0.0498. The molecular formula is C14H25N3O2. The highest BCUT2D eigenvalue weighted by atomic mass is 16.3. The first-order chi connectivity index (χ1) is 9.21. The van der Waals surface area contributed by atoms with Crippen molar-refractivity contribution in [2.24, 2.45) is 0 Å². The van der Waals surface area contributed by atoms with Crippen LogP contribution >= 0.6 is 0 Å². The number of nitrogens with one attached hydrogen (secondary N) is 1. The molecule has 0 fully saturated rings. The molecule has 0 aliphatic carbocycles. The van der Waals surface area contributed by atoms with Gasteiger partial charge in [0, 0.05) is 19.6 Å². The number of hydrogen-bond donors (Lipinski definition) is 3. The Morgan fingerprint density at radius 2 is 1.89 bits per heavy atom. The molecule has 0 aromatic carbocycles. The fraction of sp³-hybridized carbons (Fsp3) is 0.643. The van der Waals surface area contributed by atoms with Gasteiger partial charge in [0.1, 0.15) is 11.6 Å². The third kappa shape index (κ3) is 5.44. The van der Waals surface area contributed by atoms with Crippen molar-refractivity contribution in [1.29, 1.82) is 0 Å². The van der Waals surface area contributed by atoms with Crippen LogP contribution in [0.5, 0.6) is 0 Å². The van der Waals surface area contributed by atoms with Crippen molar-refractivity contribution in [3.8, 4) is 0 Å². The van der Waals surface area contributed by atoms with Crippen LogP contribution in [0, 0.1) is 6.92 Å². The van der Waals surface area contributed by atoms with E-state index in [-0.39, 0.29) is 13.2 Å². The first kappa shape index (κ1) is 15.7. The zero-order valence-electron chi connectivity index (χ0n) is 11.9. The molecule has 0 saturated carbocycles. The van der Waals surface area contributed by atoms with Gasteiger partial charge in [0.05, 0.1) is 13.2 Å². The molecule has 0 atom stereocenters. The van der Waals surface area contributed by atoms with Crippen LogP contribution in [0.2, 0.25) is 0 Å². The lowest BCUT2D eigenvalue weighted by Crippen LogP contribution is -2.30. The Morgan fingerprint density at radius 3 is 2.47 bits per heavy atom. The second-order valence-corrected chi connectivity index (χ2v) is 4.60. The van der Waals surface area contributed by atoms with E-state index in [4.69, 9.17) is 10.2 Å². The molecule has 3 N–H and O–H groups in total. The van der Waals surface area contributed by atoms with Gasteiger partial charge >= 0.3 is 0 Å². The lowest BCUT2D eigenvalue weighted by molar-refractivity contribution is 0.280.